The molecule has 0 aliphatic rings. The molecule has 0 atom stereocenters. The van der Waals surface area contributed by atoms with Crippen molar-refractivity contribution in [2.45, 2.75) is 0 Å². The number of rotatable bonds is 1. The number of halogens is 1. The first-order valence-corrected chi connectivity index (χ1v) is 7.12. The second-order valence-electron chi connectivity index (χ2n) is 3.19. The predicted molar refractivity (Wildman–Crippen MR) is 69.1 cm³/mol. The Balaban J connectivity index is 0.000000232. The first-order chi connectivity index (χ1) is 8.24. The van der Waals surface area contributed by atoms with Crippen molar-refractivity contribution in [1.29, 1.82) is 0 Å². The zero-order valence-electron chi connectivity index (χ0n) is 9.58. The van der Waals surface area contributed by atoms with Crippen LogP contribution in [0.25, 0.3) is 10.2 Å². The summed E-state index contributed by atoms with van der Waals surface area (Å²) < 4.78 is 34.1. The Labute approximate surface area is 114 Å². The Bertz CT molecular complexity index is 654. The van der Waals surface area contributed by atoms with E-state index in [9.17, 15) is 13.0 Å². The number of nitrogen functional groups attached to an aromatic ring is 1. The SMILES string of the molecule is COS(=O)(=O)[O-].C[n+]1c(N)sc2cc(Cl)ccc21. The number of hydrogen-bond acceptors (Lipinski definition) is 6. The van der Waals surface area contributed by atoms with Crippen molar-refractivity contribution in [1.82, 2.24) is 0 Å². The lowest BCUT2D eigenvalue weighted by Crippen LogP contribution is -2.29. The van der Waals surface area contributed by atoms with Gasteiger partial charge in [0.2, 0.25) is 10.4 Å². The summed E-state index contributed by atoms with van der Waals surface area (Å²) in [6.45, 7) is 0. The van der Waals surface area contributed by atoms with Gasteiger partial charge in [-0.1, -0.05) is 11.6 Å². The molecule has 1 aromatic heterocycles. The fourth-order valence-electron chi connectivity index (χ4n) is 1.15. The van der Waals surface area contributed by atoms with Gasteiger partial charge >= 0.3 is 5.13 Å². The Morgan fingerprint density at radius 3 is 2.56 bits per heavy atom. The molecule has 0 aliphatic carbocycles. The Kier molecular flexibility index (Phi) is 4.88. The molecule has 0 radical (unpaired) electrons. The van der Waals surface area contributed by atoms with Gasteiger partial charge in [-0.2, -0.15) is 0 Å². The molecule has 2 rings (SSSR count). The lowest BCUT2D eigenvalue weighted by Gasteiger charge is -1.98. The first-order valence-electron chi connectivity index (χ1n) is 4.59. The second kappa shape index (κ2) is 5.81. The summed E-state index contributed by atoms with van der Waals surface area (Å²) in [4.78, 5) is 0. The van der Waals surface area contributed by atoms with Crippen LogP contribution in [0.2, 0.25) is 5.02 Å². The second-order valence-corrected chi connectivity index (χ2v) is 5.83. The summed E-state index contributed by atoms with van der Waals surface area (Å²) in [5.74, 6) is 0. The van der Waals surface area contributed by atoms with Crippen LogP contribution in [0, 0.1) is 0 Å². The van der Waals surface area contributed by atoms with Crippen molar-refractivity contribution in [3.63, 3.8) is 0 Å². The van der Waals surface area contributed by atoms with E-state index in [-0.39, 0.29) is 0 Å². The van der Waals surface area contributed by atoms with Gasteiger partial charge in [0.25, 0.3) is 0 Å². The molecule has 2 N–H and O–H groups in total. The van der Waals surface area contributed by atoms with E-state index in [2.05, 4.69) is 4.18 Å². The van der Waals surface area contributed by atoms with Gasteiger partial charge < -0.3 is 4.55 Å². The standard InChI is InChI=1S/C8H7ClN2S.CH4O4S/c1-11-6-3-2-5(9)4-7(6)12-8(11)10;1-5-6(2,3)4/h2-4,10H,1H3;1H3,(H,2,3,4). The van der Waals surface area contributed by atoms with E-state index in [1.165, 1.54) is 0 Å². The first kappa shape index (κ1) is 15.1. The van der Waals surface area contributed by atoms with E-state index >= 15 is 0 Å². The number of benzene rings is 1. The highest BCUT2D eigenvalue weighted by Gasteiger charge is 2.10. The monoisotopic (exact) mass is 310 g/mol. The van der Waals surface area contributed by atoms with Crippen LogP contribution in [0.4, 0.5) is 5.13 Å². The third-order valence-corrected chi connectivity index (χ3v) is 3.71. The number of nitrogens with zero attached hydrogens (tertiary/aromatic N) is 1. The van der Waals surface area contributed by atoms with E-state index in [0.717, 1.165) is 27.5 Å². The molecular weight excluding hydrogens is 300 g/mol. The fraction of sp³-hybridized carbons (Fsp3) is 0.222. The third kappa shape index (κ3) is 4.07. The van der Waals surface area contributed by atoms with Crippen molar-refractivity contribution < 1.29 is 21.7 Å². The van der Waals surface area contributed by atoms with Gasteiger partial charge in [0.05, 0.1) is 18.9 Å². The van der Waals surface area contributed by atoms with Gasteiger partial charge in [-0.05, 0) is 29.5 Å². The zero-order chi connectivity index (χ0) is 13.9. The molecule has 0 bridgehead atoms. The molecule has 1 aromatic carbocycles. The van der Waals surface area contributed by atoms with E-state index in [1.54, 1.807) is 11.3 Å². The summed E-state index contributed by atoms with van der Waals surface area (Å²) in [5.41, 5.74) is 6.87. The number of aromatic nitrogens is 1. The Morgan fingerprint density at radius 2 is 2.06 bits per heavy atom. The average Bonchev–Trinajstić information content (AvgIpc) is 2.54. The van der Waals surface area contributed by atoms with Gasteiger partial charge in [-0.3, -0.25) is 9.92 Å². The van der Waals surface area contributed by atoms with E-state index in [1.807, 2.05) is 29.8 Å². The lowest BCUT2D eigenvalue weighted by molar-refractivity contribution is -0.626. The quantitative estimate of drug-likeness (QED) is 0.482. The minimum atomic E-state index is -4.41. The Morgan fingerprint density at radius 1 is 1.50 bits per heavy atom. The topological polar surface area (TPSA) is 96.3 Å². The highest BCUT2D eigenvalue weighted by molar-refractivity contribution is 7.80. The molecule has 0 saturated carbocycles. The van der Waals surface area contributed by atoms with E-state index < -0.39 is 10.4 Å². The third-order valence-electron chi connectivity index (χ3n) is 2.03. The van der Waals surface area contributed by atoms with Crippen LogP contribution in [-0.2, 0) is 21.6 Å². The van der Waals surface area contributed by atoms with Crippen molar-refractivity contribution >= 4 is 48.7 Å². The normalized spacial score (nSPS) is 11.1. The molecule has 0 amide bonds. The predicted octanol–water partition coefficient (Wildman–Crippen LogP) is 1.05. The van der Waals surface area contributed by atoms with Gasteiger partial charge in [0.1, 0.15) is 5.52 Å². The van der Waals surface area contributed by atoms with E-state index in [4.69, 9.17) is 17.3 Å². The number of nitrogens with two attached hydrogens (primary N) is 1. The molecule has 0 spiro atoms. The highest BCUT2D eigenvalue weighted by Crippen LogP contribution is 2.24. The molecule has 0 fully saturated rings. The molecule has 2 aromatic rings. The molecule has 6 nitrogen and oxygen atoms in total. The molecule has 18 heavy (non-hydrogen) atoms. The highest BCUT2D eigenvalue weighted by atomic mass is 35.5. The van der Waals surface area contributed by atoms with E-state index in [0.29, 0.717) is 0 Å². The van der Waals surface area contributed by atoms with Crippen molar-refractivity contribution in [2.24, 2.45) is 7.05 Å². The van der Waals surface area contributed by atoms with Gasteiger partial charge in [0.15, 0.2) is 0 Å². The number of anilines is 1. The zero-order valence-corrected chi connectivity index (χ0v) is 12.0. The molecule has 0 unspecified atom stereocenters. The maximum Gasteiger partial charge on any atom is 0.332 e. The number of thiazole rings is 1. The van der Waals surface area contributed by atoms with Crippen LogP contribution in [0.15, 0.2) is 18.2 Å². The van der Waals surface area contributed by atoms with Crippen molar-refractivity contribution in [2.75, 3.05) is 12.8 Å². The summed E-state index contributed by atoms with van der Waals surface area (Å²) in [5, 5.41) is 1.55. The molecule has 9 heteroatoms. The average molecular weight is 311 g/mol. The van der Waals surface area contributed by atoms with Crippen molar-refractivity contribution in [3.05, 3.63) is 23.2 Å². The minimum absolute atomic E-state index is 0.754. The maximum absolute atomic E-state index is 9.22. The maximum atomic E-state index is 9.22. The van der Waals surface area contributed by atoms with Crippen molar-refractivity contribution in [3.8, 4) is 0 Å². The van der Waals surface area contributed by atoms with Gasteiger partial charge in [0, 0.05) is 5.02 Å². The van der Waals surface area contributed by atoms with Crippen LogP contribution >= 0.6 is 22.9 Å². The molecule has 0 saturated heterocycles. The van der Waals surface area contributed by atoms with Gasteiger partial charge in [-0.25, -0.2) is 13.0 Å². The molecule has 0 aliphatic heterocycles. The Hall–Kier alpha value is -0.930. The molecule has 1 heterocycles. The summed E-state index contributed by atoms with van der Waals surface area (Å²) in [6, 6.07) is 5.78. The number of hydrogen-bond donors (Lipinski definition) is 1. The number of aryl methyl sites for hydroxylation is 1. The van der Waals surface area contributed by atoms with Crippen LogP contribution < -0.4 is 10.3 Å². The van der Waals surface area contributed by atoms with Crippen LogP contribution in [0.5, 0.6) is 0 Å². The van der Waals surface area contributed by atoms with Crippen LogP contribution in [0.1, 0.15) is 0 Å². The largest absolute Gasteiger partial charge is 0.726 e. The summed E-state index contributed by atoms with van der Waals surface area (Å²) in [7, 11) is -1.66. The summed E-state index contributed by atoms with van der Waals surface area (Å²) >= 11 is 7.39. The fourth-order valence-corrected chi connectivity index (χ4v) is 2.34. The van der Waals surface area contributed by atoms with Gasteiger partial charge in [-0.15, -0.1) is 0 Å². The summed E-state index contributed by atoms with van der Waals surface area (Å²) in [6.07, 6.45) is 0. The number of fused-ring (bicyclic) bond motifs is 1. The molecule has 100 valence electrons. The van der Waals surface area contributed by atoms with Crippen LogP contribution in [0.3, 0.4) is 0 Å². The lowest BCUT2D eigenvalue weighted by atomic mass is 10.3. The molecular formula is C9H11ClN2O4S2. The van der Waals surface area contributed by atoms with Crippen LogP contribution in [-0.4, -0.2) is 20.1 Å². The minimum Gasteiger partial charge on any atom is -0.726 e. The smallest absolute Gasteiger partial charge is 0.332 e.